The lowest BCUT2D eigenvalue weighted by atomic mass is 10.1. The molecule has 0 radical (unpaired) electrons. The Bertz CT molecular complexity index is 536. The third-order valence-electron chi connectivity index (χ3n) is 3.79. The van der Waals surface area contributed by atoms with Crippen LogP contribution in [0.5, 0.6) is 5.75 Å². The van der Waals surface area contributed by atoms with Crippen LogP contribution in [0.1, 0.15) is 43.1 Å². The number of hydrogen-bond acceptors (Lipinski definition) is 2. The molecular weight excluding hydrogens is 224 g/mol. The number of nitrogens with one attached hydrogen (secondary N) is 1. The Morgan fingerprint density at radius 1 is 1.17 bits per heavy atom. The van der Waals surface area contributed by atoms with Crippen LogP contribution in [0.4, 0.5) is 0 Å². The molecule has 0 atom stereocenters. The van der Waals surface area contributed by atoms with Gasteiger partial charge in [0.1, 0.15) is 11.6 Å². The molecule has 1 aliphatic rings. The van der Waals surface area contributed by atoms with Crippen molar-refractivity contribution in [1.29, 1.82) is 0 Å². The largest absolute Gasteiger partial charge is 0.508 e. The van der Waals surface area contributed by atoms with E-state index in [1.807, 2.05) is 12.1 Å². The second-order valence-corrected chi connectivity index (χ2v) is 5.12. The predicted octanol–water partition coefficient (Wildman–Crippen LogP) is 3.75. The van der Waals surface area contributed by atoms with E-state index in [2.05, 4.69) is 11.9 Å². The van der Waals surface area contributed by atoms with Gasteiger partial charge in [0, 0.05) is 17.2 Å². The summed E-state index contributed by atoms with van der Waals surface area (Å²) in [5.41, 5.74) is 3.19. The number of aryl methyl sites for hydroxylation is 1. The number of nitrogens with zero attached hydrogens (tertiary/aromatic N) is 1. The van der Waals surface area contributed by atoms with E-state index in [9.17, 15) is 5.11 Å². The fourth-order valence-electron chi connectivity index (χ4n) is 2.78. The fourth-order valence-corrected chi connectivity index (χ4v) is 2.78. The van der Waals surface area contributed by atoms with E-state index in [1.54, 1.807) is 12.1 Å². The number of aromatic nitrogens is 2. The molecule has 3 rings (SSSR count). The molecule has 2 N–H and O–H groups in total. The van der Waals surface area contributed by atoms with Gasteiger partial charge >= 0.3 is 0 Å². The number of aromatic amines is 1. The Morgan fingerprint density at radius 3 is 2.50 bits per heavy atom. The van der Waals surface area contributed by atoms with Crippen LogP contribution < -0.4 is 0 Å². The molecule has 0 aliphatic heterocycles. The van der Waals surface area contributed by atoms with Crippen molar-refractivity contribution in [3.63, 3.8) is 0 Å². The van der Waals surface area contributed by atoms with Crippen molar-refractivity contribution in [3.05, 3.63) is 35.8 Å². The van der Waals surface area contributed by atoms with E-state index in [1.165, 1.54) is 25.7 Å². The van der Waals surface area contributed by atoms with Gasteiger partial charge in [-0.25, -0.2) is 4.98 Å². The first-order valence-electron chi connectivity index (χ1n) is 6.60. The fraction of sp³-hybridized carbons (Fsp3) is 0.400. The Labute approximate surface area is 107 Å². The molecule has 1 fully saturated rings. The average Bonchev–Trinajstić information content (AvgIpc) is 2.99. The minimum absolute atomic E-state index is 0.294. The van der Waals surface area contributed by atoms with Gasteiger partial charge in [0.2, 0.25) is 0 Å². The molecule has 0 amide bonds. The van der Waals surface area contributed by atoms with Crippen molar-refractivity contribution in [2.24, 2.45) is 0 Å². The van der Waals surface area contributed by atoms with Gasteiger partial charge in [0.05, 0.1) is 5.69 Å². The highest BCUT2D eigenvalue weighted by molar-refractivity contribution is 5.62. The van der Waals surface area contributed by atoms with Crippen molar-refractivity contribution in [1.82, 2.24) is 9.97 Å². The lowest BCUT2D eigenvalue weighted by Crippen LogP contribution is -1.94. The molecular formula is C15H18N2O. The maximum Gasteiger partial charge on any atom is 0.115 e. The van der Waals surface area contributed by atoms with Gasteiger partial charge in [0.25, 0.3) is 0 Å². The van der Waals surface area contributed by atoms with Crippen molar-refractivity contribution in [3.8, 4) is 17.0 Å². The summed E-state index contributed by atoms with van der Waals surface area (Å²) >= 11 is 0. The summed E-state index contributed by atoms with van der Waals surface area (Å²) in [5, 5.41) is 9.32. The molecule has 94 valence electrons. The van der Waals surface area contributed by atoms with Gasteiger partial charge in [-0.1, -0.05) is 12.8 Å². The van der Waals surface area contributed by atoms with E-state index in [0.717, 1.165) is 22.8 Å². The van der Waals surface area contributed by atoms with Crippen LogP contribution >= 0.6 is 0 Å². The highest BCUT2D eigenvalue weighted by Crippen LogP contribution is 2.34. The Balaban J connectivity index is 1.94. The van der Waals surface area contributed by atoms with Crippen LogP contribution in [-0.4, -0.2) is 15.1 Å². The number of phenolic OH excluding ortho intramolecular Hbond substituents is 1. The van der Waals surface area contributed by atoms with Crippen LogP contribution in [-0.2, 0) is 0 Å². The van der Waals surface area contributed by atoms with E-state index >= 15 is 0 Å². The van der Waals surface area contributed by atoms with Crippen LogP contribution in [0.25, 0.3) is 11.3 Å². The maximum atomic E-state index is 9.32. The maximum absolute atomic E-state index is 9.32. The second-order valence-electron chi connectivity index (χ2n) is 5.12. The molecule has 0 unspecified atom stereocenters. The summed E-state index contributed by atoms with van der Waals surface area (Å²) in [6, 6.07) is 7.24. The Morgan fingerprint density at radius 2 is 1.83 bits per heavy atom. The first-order valence-corrected chi connectivity index (χ1v) is 6.60. The van der Waals surface area contributed by atoms with Gasteiger partial charge in [-0.2, -0.15) is 0 Å². The first kappa shape index (κ1) is 11.3. The van der Waals surface area contributed by atoms with Crippen LogP contribution in [0.2, 0.25) is 0 Å². The molecule has 3 heteroatoms. The monoisotopic (exact) mass is 242 g/mol. The molecule has 1 aromatic heterocycles. The molecule has 2 aromatic rings. The van der Waals surface area contributed by atoms with Gasteiger partial charge in [-0.15, -0.1) is 0 Å². The van der Waals surface area contributed by atoms with Crippen molar-refractivity contribution in [2.75, 3.05) is 0 Å². The number of phenols is 1. The van der Waals surface area contributed by atoms with Gasteiger partial charge < -0.3 is 10.1 Å². The van der Waals surface area contributed by atoms with Gasteiger partial charge in [0.15, 0.2) is 0 Å². The second kappa shape index (κ2) is 4.48. The SMILES string of the molecule is Cc1[nH]c(C2CCCC2)nc1-c1ccc(O)cc1. The zero-order valence-corrected chi connectivity index (χ0v) is 10.6. The molecule has 1 saturated carbocycles. The third kappa shape index (κ3) is 2.01. The first-order chi connectivity index (χ1) is 8.74. The van der Waals surface area contributed by atoms with Gasteiger partial charge in [-0.05, 0) is 44.0 Å². The van der Waals surface area contributed by atoms with Crippen molar-refractivity contribution < 1.29 is 5.11 Å². The van der Waals surface area contributed by atoms with Crippen molar-refractivity contribution in [2.45, 2.75) is 38.5 Å². The van der Waals surface area contributed by atoms with E-state index < -0.39 is 0 Å². The number of aromatic hydroxyl groups is 1. The topological polar surface area (TPSA) is 48.9 Å². The number of benzene rings is 1. The Hall–Kier alpha value is -1.77. The summed E-state index contributed by atoms with van der Waals surface area (Å²) in [5.74, 6) is 2.03. The normalized spacial score (nSPS) is 16.3. The summed E-state index contributed by atoms with van der Waals surface area (Å²) in [6.45, 7) is 2.06. The van der Waals surface area contributed by atoms with Crippen LogP contribution in [0, 0.1) is 6.92 Å². The number of imidazole rings is 1. The Kier molecular flexibility index (Phi) is 2.82. The predicted molar refractivity (Wildman–Crippen MR) is 71.6 cm³/mol. The van der Waals surface area contributed by atoms with Crippen LogP contribution in [0.3, 0.4) is 0 Å². The quantitative estimate of drug-likeness (QED) is 0.842. The van der Waals surface area contributed by atoms with E-state index in [-0.39, 0.29) is 0 Å². The molecule has 0 saturated heterocycles. The lowest BCUT2D eigenvalue weighted by molar-refractivity contribution is 0.475. The highest BCUT2D eigenvalue weighted by Gasteiger charge is 2.21. The molecule has 1 heterocycles. The average molecular weight is 242 g/mol. The molecule has 0 spiro atoms. The molecule has 3 nitrogen and oxygen atoms in total. The number of hydrogen-bond donors (Lipinski definition) is 2. The van der Waals surface area contributed by atoms with Gasteiger partial charge in [-0.3, -0.25) is 0 Å². The number of H-pyrrole nitrogens is 1. The molecule has 0 bridgehead atoms. The number of rotatable bonds is 2. The standard InChI is InChI=1S/C15H18N2O/c1-10-14(11-6-8-13(18)9-7-11)17-15(16-10)12-4-2-3-5-12/h6-9,12,18H,2-5H2,1H3,(H,16,17). The summed E-state index contributed by atoms with van der Waals surface area (Å²) in [4.78, 5) is 8.18. The molecule has 1 aromatic carbocycles. The summed E-state index contributed by atoms with van der Waals surface area (Å²) < 4.78 is 0. The van der Waals surface area contributed by atoms with E-state index in [0.29, 0.717) is 11.7 Å². The zero-order valence-electron chi connectivity index (χ0n) is 10.6. The smallest absolute Gasteiger partial charge is 0.115 e. The van der Waals surface area contributed by atoms with Crippen LogP contribution in [0.15, 0.2) is 24.3 Å². The minimum atomic E-state index is 0.294. The van der Waals surface area contributed by atoms with E-state index in [4.69, 9.17) is 4.98 Å². The summed E-state index contributed by atoms with van der Waals surface area (Å²) in [7, 11) is 0. The molecule has 18 heavy (non-hydrogen) atoms. The summed E-state index contributed by atoms with van der Waals surface area (Å²) in [6.07, 6.45) is 5.14. The molecule has 1 aliphatic carbocycles. The third-order valence-corrected chi connectivity index (χ3v) is 3.79. The van der Waals surface area contributed by atoms with Crippen molar-refractivity contribution >= 4 is 0 Å². The highest BCUT2D eigenvalue weighted by atomic mass is 16.3. The lowest BCUT2D eigenvalue weighted by Gasteiger charge is -2.03. The minimum Gasteiger partial charge on any atom is -0.508 e. The zero-order chi connectivity index (χ0) is 12.5.